The molecule has 1 saturated heterocycles. The number of rotatable bonds is 10. The van der Waals surface area contributed by atoms with Crippen LogP contribution in [-0.2, 0) is 18.3 Å². The molecule has 1 aliphatic heterocycles. The second kappa shape index (κ2) is 7.40. The predicted octanol–water partition coefficient (Wildman–Crippen LogP) is 1.94. The summed E-state index contributed by atoms with van der Waals surface area (Å²) in [7, 11) is -0.120. The molecule has 0 N–H and O–H groups in total. The van der Waals surface area contributed by atoms with E-state index in [1.807, 2.05) is 6.92 Å². The van der Waals surface area contributed by atoms with Gasteiger partial charge in [-0.05, 0) is 32.4 Å². The molecule has 2 atom stereocenters. The Kier molecular flexibility index (Phi) is 6.53. The van der Waals surface area contributed by atoms with E-state index < -0.39 is 8.56 Å². The zero-order valence-electron chi connectivity index (χ0n) is 10.7. The van der Waals surface area contributed by atoms with Gasteiger partial charge >= 0.3 is 8.56 Å². The Balaban J connectivity index is 1.94. The maximum Gasteiger partial charge on any atom is 0.334 e. The SMILES string of the molecule is CCO[Si](C)(CCCCOCC1CO1)OC. The molecular weight excluding hydrogens is 224 g/mol. The van der Waals surface area contributed by atoms with E-state index in [0.29, 0.717) is 6.10 Å². The Bertz CT molecular complexity index is 187. The molecule has 1 rings (SSSR count). The number of unbranched alkanes of at least 4 members (excludes halogenated alkanes) is 1. The third kappa shape index (κ3) is 5.96. The van der Waals surface area contributed by atoms with Gasteiger partial charge in [-0.2, -0.15) is 0 Å². The van der Waals surface area contributed by atoms with Gasteiger partial charge in [0.05, 0.1) is 13.2 Å². The van der Waals surface area contributed by atoms with Crippen molar-refractivity contribution in [3.8, 4) is 0 Å². The molecule has 96 valence electrons. The van der Waals surface area contributed by atoms with Crippen LogP contribution in [0, 0.1) is 0 Å². The Hall–Kier alpha value is 0.0569. The van der Waals surface area contributed by atoms with Gasteiger partial charge in [0.2, 0.25) is 0 Å². The van der Waals surface area contributed by atoms with Crippen molar-refractivity contribution in [3.05, 3.63) is 0 Å². The number of hydrogen-bond acceptors (Lipinski definition) is 4. The molecule has 0 radical (unpaired) electrons. The Morgan fingerprint density at radius 2 is 2.12 bits per heavy atom. The van der Waals surface area contributed by atoms with E-state index in [1.165, 1.54) is 0 Å². The summed E-state index contributed by atoms with van der Waals surface area (Å²) >= 11 is 0. The van der Waals surface area contributed by atoms with Crippen LogP contribution in [0.4, 0.5) is 0 Å². The smallest absolute Gasteiger partial charge is 0.334 e. The first-order chi connectivity index (χ1) is 7.70. The lowest BCUT2D eigenvalue weighted by Crippen LogP contribution is -2.37. The summed E-state index contributed by atoms with van der Waals surface area (Å²) in [5.74, 6) is 0. The Morgan fingerprint density at radius 1 is 1.38 bits per heavy atom. The minimum absolute atomic E-state index is 0.377. The average Bonchev–Trinajstić information content (AvgIpc) is 3.07. The molecule has 0 aromatic carbocycles. The van der Waals surface area contributed by atoms with Gasteiger partial charge < -0.3 is 18.3 Å². The van der Waals surface area contributed by atoms with E-state index in [2.05, 4.69) is 6.55 Å². The van der Waals surface area contributed by atoms with Crippen molar-refractivity contribution in [3.63, 3.8) is 0 Å². The third-order valence-electron chi connectivity index (χ3n) is 2.76. The maximum absolute atomic E-state index is 5.69. The zero-order valence-corrected chi connectivity index (χ0v) is 11.7. The molecule has 0 amide bonds. The van der Waals surface area contributed by atoms with Crippen LogP contribution in [0.1, 0.15) is 19.8 Å². The average molecular weight is 248 g/mol. The highest BCUT2D eigenvalue weighted by Gasteiger charge is 2.28. The summed E-state index contributed by atoms with van der Waals surface area (Å²) < 4.78 is 21.7. The first kappa shape index (κ1) is 14.1. The van der Waals surface area contributed by atoms with Crippen molar-refractivity contribution in [2.24, 2.45) is 0 Å². The highest BCUT2D eigenvalue weighted by Crippen LogP contribution is 2.16. The minimum atomic E-state index is -1.87. The van der Waals surface area contributed by atoms with Crippen LogP contribution in [0.3, 0.4) is 0 Å². The lowest BCUT2D eigenvalue weighted by atomic mass is 10.3. The summed E-state index contributed by atoms with van der Waals surface area (Å²) in [5.41, 5.74) is 0. The molecule has 1 aliphatic rings. The van der Waals surface area contributed by atoms with E-state index in [9.17, 15) is 0 Å². The minimum Gasteiger partial charge on any atom is -0.398 e. The first-order valence-electron chi connectivity index (χ1n) is 6.08. The quantitative estimate of drug-likeness (QED) is 0.336. The maximum atomic E-state index is 5.69. The third-order valence-corrected chi connectivity index (χ3v) is 5.78. The summed E-state index contributed by atoms with van der Waals surface area (Å²) in [6.45, 7) is 7.33. The van der Waals surface area contributed by atoms with Gasteiger partial charge in [0.1, 0.15) is 6.10 Å². The highest BCUT2D eigenvalue weighted by atomic mass is 28.4. The van der Waals surface area contributed by atoms with Gasteiger partial charge in [-0.25, -0.2) is 0 Å². The van der Waals surface area contributed by atoms with Crippen molar-refractivity contribution in [2.75, 3.05) is 33.5 Å². The van der Waals surface area contributed by atoms with Crippen molar-refractivity contribution in [1.82, 2.24) is 0 Å². The molecule has 0 aromatic heterocycles. The molecule has 0 aliphatic carbocycles. The lowest BCUT2D eigenvalue weighted by Gasteiger charge is -2.24. The van der Waals surface area contributed by atoms with E-state index in [0.717, 1.165) is 45.3 Å². The van der Waals surface area contributed by atoms with Crippen LogP contribution in [0.5, 0.6) is 0 Å². The fourth-order valence-electron chi connectivity index (χ4n) is 1.57. The first-order valence-corrected chi connectivity index (χ1v) is 8.61. The van der Waals surface area contributed by atoms with E-state index in [4.69, 9.17) is 18.3 Å². The summed E-state index contributed by atoms with van der Waals surface area (Å²) in [4.78, 5) is 0. The molecule has 16 heavy (non-hydrogen) atoms. The van der Waals surface area contributed by atoms with Crippen molar-refractivity contribution >= 4 is 8.56 Å². The van der Waals surface area contributed by atoms with Gasteiger partial charge in [-0.1, -0.05) is 0 Å². The van der Waals surface area contributed by atoms with Crippen molar-refractivity contribution < 1.29 is 18.3 Å². The molecule has 5 heteroatoms. The molecule has 4 nitrogen and oxygen atoms in total. The Labute approximate surface area is 99.5 Å². The normalized spacial score (nSPS) is 23.1. The summed E-state index contributed by atoms with van der Waals surface area (Å²) in [6.07, 6.45) is 2.57. The topological polar surface area (TPSA) is 40.2 Å². The molecule has 1 fully saturated rings. The molecular formula is C11H24O4Si. The van der Waals surface area contributed by atoms with Gasteiger partial charge in [0, 0.05) is 20.3 Å². The van der Waals surface area contributed by atoms with Crippen LogP contribution in [0.2, 0.25) is 12.6 Å². The van der Waals surface area contributed by atoms with Crippen LogP contribution in [-0.4, -0.2) is 48.2 Å². The van der Waals surface area contributed by atoms with E-state index in [1.54, 1.807) is 7.11 Å². The number of hydrogen-bond donors (Lipinski definition) is 0. The van der Waals surface area contributed by atoms with Crippen LogP contribution in [0.25, 0.3) is 0 Å². The number of epoxide rings is 1. The molecule has 0 saturated carbocycles. The molecule has 0 bridgehead atoms. The van der Waals surface area contributed by atoms with Crippen LogP contribution < -0.4 is 0 Å². The highest BCUT2D eigenvalue weighted by molar-refractivity contribution is 6.65. The van der Waals surface area contributed by atoms with Crippen molar-refractivity contribution in [2.45, 2.75) is 38.5 Å². The second-order valence-electron chi connectivity index (χ2n) is 4.26. The lowest BCUT2D eigenvalue weighted by molar-refractivity contribution is 0.113. The Morgan fingerprint density at radius 3 is 2.69 bits per heavy atom. The largest absolute Gasteiger partial charge is 0.398 e. The van der Waals surface area contributed by atoms with E-state index >= 15 is 0 Å². The van der Waals surface area contributed by atoms with Gasteiger partial charge in [0.25, 0.3) is 0 Å². The zero-order chi connectivity index (χ0) is 11.9. The fraction of sp³-hybridized carbons (Fsp3) is 1.00. The van der Waals surface area contributed by atoms with Gasteiger partial charge in [0.15, 0.2) is 0 Å². The van der Waals surface area contributed by atoms with Crippen LogP contribution >= 0.6 is 0 Å². The molecule has 0 spiro atoms. The van der Waals surface area contributed by atoms with E-state index in [-0.39, 0.29) is 0 Å². The summed E-state index contributed by atoms with van der Waals surface area (Å²) in [6, 6.07) is 1.04. The molecule has 2 unspecified atom stereocenters. The standard InChI is InChI=1S/C11H24O4Si/c1-4-15-16(3,12-2)8-6-5-7-13-9-11-10-14-11/h11H,4-10H2,1-3H3. The monoisotopic (exact) mass is 248 g/mol. The second-order valence-corrected chi connectivity index (χ2v) is 7.72. The predicted molar refractivity (Wildman–Crippen MR) is 64.9 cm³/mol. The summed E-state index contributed by atoms with van der Waals surface area (Å²) in [5, 5.41) is 0. The van der Waals surface area contributed by atoms with Gasteiger partial charge in [-0.15, -0.1) is 0 Å². The number of ether oxygens (including phenoxy) is 2. The molecule has 1 heterocycles. The fourth-order valence-corrected chi connectivity index (χ4v) is 3.54. The van der Waals surface area contributed by atoms with Crippen LogP contribution in [0.15, 0.2) is 0 Å². The van der Waals surface area contributed by atoms with Gasteiger partial charge in [-0.3, -0.25) is 0 Å². The molecule has 0 aromatic rings. The van der Waals surface area contributed by atoms with Crippen molar-refractivity contribution in [1.29, 1.82) is 0 Å².